The lowest BCUT2D eigenvalue weighted by Crippen LogP contribution is -2.25. The predicted octanol–water partition coefficient (Wildman–Crippen LogP) is 1.30. The van der Waals surface area contributed by atoms with Gasteiger partial charge in [-0.2, -0.15) is 15.4 Å². The van der Waals surface area contributed by atoms with Gasteiger partial charge in [0.15, 0.2) is 0 Å². The van der Waals surface area contributed by atoms with Gasteiger partial charge in [0.25, 0.3) is 0 Å². The van der Waals surface area contributed by atoms with Crippen LogP contribution in [0.5, 0.6) is 0 Å². The Kier molecular flexibility index (Phi) is 4.46. The monoisotopic (exact) mass is 248 g/mol. The van der Waals surface area contributed by atoms with Crippen LogP contribution in [0.2, 0.25) is 0 Å². The summed E-state index contributed by atoms with van der Waals surface area (Å²) in [5.41, 5.74) is 0.939. The lowest BCUT2D eigenvalue weighted by atomic mass is 10.1. The maximum absolute atomic E-state index is 4.41. The average molecular weight is 248 g/mol. The van der Waals surface area contributed by atoms with Gasteiger partial charge < -0.3 is 9.88 Å². The van der Waals surface area contributed by atoms with Gasteiger partial charge in [-0.15, -0.1) is 0 Å². The normalized spacial score (nSPS) is 12.8. The summed E-state index contributed by atoms with van der Waals surface area (Å²) in [6.07, 6.45) is 7.55. The molecule has 2 aromatic heterocycles. The molecule has 0 aliphatic carbocycles. The minimum Gasteiger partial charge on any atom is -0.335 e. The standard InChI is InChI=1S/C12H20N6/c1-3-5-13-10(11-9-15-17-16-11)8-12-14-6-7-18(12)4-2/h6-7,9-10,13H,3-5,8H2,1-2H3,(H,15,16,17). The van der Waals surface area contributed by atoms with Gasteiger partial charge in [0.1, 0.15) is 5.82 Å². The van der Waals surface area contributed by atoms with Crippen LogP contribution in [0, 0.1) is 0 Å². The number of aryl methyl sites for hydroxylation is 1. The maximum Gasteiger partial charge on any atom is 0.110 e. The predicted molar refractivity (Wildman–Crippen MR) is 69.0 cm³/mol. The highest BCUT2D eigenvalue weighted by Gasteiger charge is 2.16. The Labute approximate surface area is 107 Å². The highest BCUT2D eigenvalue weighted by molar-refractivity contribution is 5.05. The minimum atomic E-state index is 0.163. The molecule has 0 spiro atoms. The zero-order valence-electron chi connectivity index (χ0n) is 10.9. The number of hydrogen-bond donors (Lipinski definition) is 2. The third-order valence-electron chi connectivity index (χ3n) is 2.96. The molecule has 6 heteroatoms. The molecule has 18 heavy (non-hydrogen) atoms. The number of rotatable bonds is 7. The van der Waals surface area contributed by atoms with Gasteiger partial charge >= 0.3 is 0 Å². The molecular weight excluding hydrogens is 228 g/mol. The Bertz CT molecular complexity index is 447. The number of H-pyrrole nitrogens is 1. The molecule has 98 valence electrons. The highest BCUT2D eigenvalue weighted by Crippen LogP contribution is 2.14. The van der Waals surface area contributed by atoms with Crippen molar-refractivity contribution >= 4 is 0 Å². The summed E-state index contributed by atoms with van der Waals surface area (Å²) in [5.74, 6) is 1.08. The molecule has 6 nitrogen and oxygen atoms in total. The summed E-state index contributed by atoms with van der Waals surface area (Å²) >= 11 is 0. The largest absolute Gasteiger partial charge is 0.335 e. The van der Waals surface area contributed by atoms with E-state index < -0.39 is 0 Å². The van der Waals surface area contributed by atoms with E-state index in [-0.39, 0.29) is 6.04 Å². The fourth-order valence-electron chi connectivity index (χ4n) is 1.98. The summed E-state index contributed by atoms with van der Waals surface area (Å²) in [7, 11) is 0. The first-order valence-corrected chi connectivity index (χ1v) is 6.44. The second kappa shape index (κ2) is 6.30. The van der Waals surface area contributed by atoms with Crippen molar-refractivity contribution in [1.82, 2.24) is 30.3 Å². The van der Waals surface area contributed by atoms with Gasteiger partial charge in [0.05, 0.1) is 17.9 Å². The summed E-state index contributed by atoms with van der Waals surface area (Å²) in [5, 5.41) is 14.2. The van der Waals surface area contributed by atoms with Crippen LogP contribution in [0.1, 0.15) is 37.8 Å². The van der Waals surface area contributed by atoms with Crippen LogP contribution in [0.15, 0.2) is 18.6 Å². The van der Waals surface area contributed by atoms with Crippen LogP contribution in [-0.4, -0.2) is 31.5 Å². The van der Waals surface area contributed by atoms with Crippen LogP contribution in [0.25, 0.3) is 0 Å². The molecule has 1 unspecified atom stereocenters. The van der Waals surface area contributed by atoms with Gasteiger partial charge in [0, 0.05) is 25.4 Å². The van der Waals surface area contributed by atoms with Crippen molar-refractivity contribution < 1.29 is 0 Å². The molecular formula is C12H20N6. The van der Waals surface area contributed by atoms with E-state index in [0.29, 0.717) is 0 Å². The highest BCUT2D eigenvalue weighted by atomic mass is 15.3. The molecule has 0 aliphatic heterocycles. The second-order valence-corrected chi connectivity index (χ2v) is 4.24. The quantitative estimate of drug-likeness (QED) is 0.775. The molecule has 2 rings (SSSR count). The Balaban J connectivity index is 2.10. The molecule has 0 fully saturated rings. The van der Waals surface area contributed by atoms with E-state index in [1.54, 1.807) is 6.20 Å². The van der Waals surface area contributed by atoms with Crippen molar-refractivity contribution in [1.29, 1.82) is 0 Å². The van der Waals surface area contributed by atoms with Gasteiger partial charge in [-0.25, -0.2) is 4.98 Å². The smallest absolute Gasteiger partial charge is 0.110 e. The topological polar surface area (TPSA) is 71.4 Å². The van der Waals surface area contributed by atoms with Crippen molar-refractivity contribution in [2.24, 2.45) is 0 Å². The van der Waals surface area contributed by atoms with Crippen molar-refractivity contribution in [3.05, 3.63) is 30.1 Å². The molecule has 0 saturated carbocycles. The molecule has 1 atom stereocenters. The van der Waals surface area contributed by atoms with E-state index in [9.17, 15) is 0 Å². The van der Waals surface area contributed by atoms with Crippen LogP contribution >= 0.6 is 0 Å². The number of imidazole rings is 1. The summed E-state index contributed by atoms with van der Waals surface area (Å²) < 4.78 is 2.15. The van der Waals surface area contributed by atoms with E-state index in [0.717, 1.165) is 37.4 Å². The molecule has 0 bridgehead atoms. The van der Waals surface area contributed by atoms with Gasteiger partial charge in [-0.05, 0) is 19.9 Å². The van der Waals surface area contributed by atoms with E-state index in [1.165, 1.54) is 0 Å². The van der Waals surface area contributed by atoms with Crippen LogP contribution in [0.3, 0.4) is 0 Å². The Morgan fingerprint density at radius 2 is 2.33 bits per heavy atom. The first kappa shape index (κ1) is 12.8. The average Bonchev–Trinajstić information content (AvgIpc) is 3.04. The van der Waals surface area contributed by atoms with Crippen molar-refractivity contribution in [2.75, 3.05) is 6.54 Å². The number of aromatic amines is 1. The molecule has 0 amide bonds. The summed E-state index contributed by atoms with van der Waals surface area (Å²) in [6.45, 7) is 6.18. The van der Waals surface area contributed by atoms with E-state index in [4.69, 9.17) is 0 Å². The first-order chi connectivity index (χ1) is 8.85. The van der Waals surface area contributed by atoms with Crippen molar-refractivity contribution in [3.8, 4) is 0 Å². The summed E-state index contributed by atoms with van der Waals surface area (Å²) in [4.78, 5) is 4.41. The third-order valence-corrected chi connectivity index (χ3v) is 2.96. The SMILES string of the molecule is CCCNC(Cc1nccn1CC)c1cn[nH]n1. The molecule has 0 aliphatic rings. The lowest BCUT2D eigenvalue weighted by Gasteiger charge is -2.16. The zero-order valence-corrected chi connectivity index (χ0v) is 10.9. The molecule has 2 aromatic rings. The Morgan fingerprint density at radius 3 is 3.00 bits per heavy atom. The third kappa shape index (κ3) is 2.95. The van der Waals surface area contributed by atoms with Crippen LogP contribution < -0.4 is 5.32 Å². The first-order valence-electron chi connectivity index (χ1n) is 6.44. The van der Waals surface area contributed by atoms with Gasteiger partial charge in [-0.1, -0.05) is 6.92 Å². The number of hydrogen-bond acceptors (Lipinski definition) is 4. The maximum atomic E-state index is 4.41. The number of aromatic nitrogens is 5. The molecule has 0 aromatic carbocycles. The Hall–Kier alpha value is -1.69. The number of nitrogens with one attached hydrogen (secondary N) is 2. The van der Waals surface area contributed by atoms with Gasteiger partial charge in [0.2, 0.25) is 0 Å². The molecule has 2 N–H and O–H groups in total. The fraction of sp³-hybridized carbons (Fsp3) is 0.583. The summed E-state index contributed by atoms with van der Waals surface area (Å²) in [6, 6.07) is 0.163. The van der Waals surface area contributed by atoms with E-state index in [1.807, 2.05) is 12.4 Å². The van der Waals surface area contributed by atoms with Crippen molar-refractivity contribution in [2.45, 2.75) is 39.3 Å². The Morgan fingerprint density at radius 1 is 1.44 bits per heavy atom. The molecule has 0 radical (unpaired) electrons. The second-order valence-electron chi connectivity index (χ2n) is 4.24. The van der Waals surface area contributed by atoms with Crippen LogP contribution in [0.4, 0.5) is 0 Å². The minimum absolute atomic E-state index is 0.163. The van der Waals surface area contributed by atoms with E-state index >= 15 is 0 Å². The van der Waals surface area contributed by atoms with Crippen molar-refractivity contribution in [3.63, 3.8) is 0 Å². The van der Waals surface area contributed by atoms with Gasteiger partial charge in [-0.3, -0.25) is 0 Å². The zero-order chi connectivity index (χ0) is 12.8. The van der Waals surface area contributed by atoms with Crippen LogP contribution in [-0.2, 0) is 13.0 Å². The molecule has 2 heterocycles. The van der Waals surface area contributed by atoms with E-state index in [2.05, 4.69) is 44.1 Å². The fourth-order valence-corrected chi connectivity index (χ4v) is 1.98. The molecule has 0 saturated heterocycles. The number of nitrogens with zero attached hydrogens (tertiary/aromatic N) is 4. The lowest BCUT2D eigenvalue weighted by molar-refractivity contribution is 0.496.